The van der Waals surface area contributed by atoms with Crippen LogP contribution in [0.2, 0.25) is 0 Å². The Bertz CT molecular complexity index is 469. The molecule has 0 aromatic heterocycles. The summed E-state index contributed by atoms with van der Waals surface area (Å²) in [6, 6.07) is 0. The van der Waals surface area contributed by atoms with Gasteiger partial charge in [0.05, 0.1) is 13.0 Å². The van der Waals surface area contributed by atoms with Crippen LogP contribution in [0.3, 0.4) is 0 Å². The number of amides is 4. The SMILES string of the molecule is CNNC(=O)CCOCCCNC(=O)CCN1C(=O)CC(C)C1=O. The lowest BCUT2D eigenvalue weighted by atomic mass is 10.1. The number of carbonyl (C=O) groups is 4. The third kappa shape index (κ3) is 7.05. The van der Waals surface area contributed by atoms with Gasteiger partial charge in [0.15, 0.2) is 0 Å². The van der Waals surface area contributed by atoms with E-state index in [1.54, 1.807) is 14.0 Å². The van der Waals surface area contributed by atoms with Gasteiger partial charge in [0, 0.05) is 45.5 Å². The van der Waals surface area contributed by atoms with Gasteiger partial charge in [-0.15, -0.1) is 0 Å². The average molecular weight is 342 g/mol. The summed E-state index contributed by atoms with van der Waals surface area (Å²) in [5.41, 5.74) is 4.96. The second kappa shape index (κ2) is 10.7. The van der Waals surface area contributed by atoms with E-state index >= 15 is 0 Å². The molecule has 1 aliphatic heterocycles. The Kier molecular flexibility index (Phi) is 8.95. The first-order chi connectivity index (χ1) is 11.5. The van der Waals surface area contributed by atoms with Crippen LogP contribution in [0.25, 0.3) is 0 Å². The van der Waals surface area contributed by atoms with Crippen molar-refractivity contribution < 1.29 is 23.9 Å². The molecule has 24 heavy (non-hydrogen) atoms. The zero-order valence-electron chi connectivity index (χ0n) is 14.2. The summed E-state index contributed by atoms with van der Waals surface area (Å²) in [7, 11) is 1.61. The van der Waals surface area contributed by atoms with Gasteiger partial charge in [0.1, 0.15) is 0 Å². The van der Waals surface area contributed by atoms with E-state index in [2.05, 4.69) is 16.2 Å². The van der Waals surface area contributed by atoms with E-state index < -0.39 is 0 Å². The minimum absolute atomic E-state index is 0.106. The van der Waals surface area contributed by atoms with Crippen molar-refractivity contribution in [3.05, 3.63) is 0 Å². The fourth-order valence-electron chi connectivity index (χ4n) is 2.26. The molecule has 3 N–H and O–H groups in total. The number of ether oxygens (including phenoxy) is 1. The highest BCUT2D eigenvalue weighted by Crippen LogP contribution is 2.18. The summed E-state index contributed by atoms with van der Waals surface area (Å²) in [6.07, 6.45) is 1.22. The van der Waals surface area contributed by atoms with Gasteiger partial charge in [-0.3, -0.25) is 29.5 Å². The van der Waals surface area contributed by atoms with Crippen molar-refractivity contribution in [3.63, 3.8) is 0 Å². The Hall–Kier alpha value is -2.00. The summed E-state index contributed by atoms with van der Waals surface area (Å²) in [5.74, 6) is -1.05. The Balaban J connectivity index is 2.02. The lowest BCUT2D eigenvalue weighted by molar-refractivity contribution is -0.139. The number of nitrogens with one attached hydrogen (secondary N) is 3. The number of hydrazine groups is 1. The molecular weight excluding hydrogens is 316 g/mol. The summed E-state index contributed by atoms with van der Waals surface area (Å²) >= 11 is 0. The van der Waals surface area contributed by atoms with E-state index in [1.807, 2.05) is 0 Å². The molecule has 136 valence electrons. The summed E-state index contributed by atoms with van der Waals surface area (Å²) < 4.78 is 5.28. The van der Waals surface area contributed by atoms with Crippen molar-refractivity contribution in [1.82, 2.24) is 21.1 Å². The minimum Gasteiger partial charge on any atom is -0.381 e. The number of hydrogen-bond acceptors (Lipinski definition) is 6. The van der Waals surface area contributed by atoms with Crippen LogP contribution < -0.4 is 16.2 Å². The van der Waals surface area contributed by atoms with E-state index in [9.17, 15) is 19.2 Å². The lowest BCUT2D eigenvalue weighted by Crippen LogP contribution is -2.35. The molecule has 9 heteroatoms. The van der Waals surface area contributed by atoms with Crippen LogP contribution in [0.4, 0.5) is 0 Å². The van der Waals surface area contributed by atoms with Crippen LogP contribution in [-0.2, 0) is 23.9 Å². The quantitative estimate of drug-likeness (QED) is 0.250. The Morgan fingerprint density at radius 2 is 1.96 bits per heavy atom. The third-order valence-corrected chi connectivity index (χ3v) is 3.56. The third-order valence-electron chi connectivity index (χ3n) is 3.56. The Morgan fingerprint density at radius 1 is 1.21 bits per heavy atom. The summed E-state index contributed by atoms with van der Waals surface area (Å²) in [4.78, 5) is 47.2. The van der Waals surface area contributed by atoms with Crippen LogP contribution in [-0.4, -0.2) is 61.9 Å². The van der Waals surface area contributed by atoms with Crippen molar-refractivity contribution in [2.24, 2.45) is 5.92 Å². The van der Waals surface area contributed by atoms with Gasteiger partial charge in [-0.25, -0.2) is 5.43 Å². The molecular formula is C15H26N4O5. The van der Waals surface area contributed by atoms with Gasteiger partial charge < -0.3 is 10.1 Å². The Morgan fingerprint density at radius 3 is 2.58 bits per heavy atom. The summed E-state index contributed by atoms with van der Waals surface area (Å²) in [5, 5.41) is 2.71. The van der Waals surface area contributed by atoms with Crippen molar-refractivity contribution in [1.29, 1.82) is 0 Å². The first-order valence-corrected chi connectivity index (χ1v) is 8.10. The van der Waals surface area contributed by atoms with E-state index in [0.717, 1.165) is 4.90 Å². The van der Waals surface area contributed by atoms with Crippen LogP contribution >= 0.6 is 0 Å². The predicted octanol–water partition coefficient (Wildman–Crippen LogP) is -1.06. The number of hydrogen-bond donors (Lipinski definition) is 3. The second-order valence-electron chi connectivity index (χ2n) is 5.60. The van der Waals surface area contributed by atoms with Crippen LogP contribution in [0.5, 0.6) is 0 Å². The van der Waals surface area contributed by atoms with Gasteiger partial charge >= 0.3 is 0 Å². The van der Waals surface area contributed by atoms with Crippen LogP contribution in [0, 0.1) is 5.92 Å². The number of rotatable bonds is 11. The topological polar surface area (TPSA) is 117 Å². The first-order valence-electron chi connectivity index (χ1n) is 8.10. The fourth-order valence-corrected chi connectivity index (χ4v) is 2.26. The van der Waals surface area contributed by atoms with Crippen LogP contribution in [0.15, 0.2) is 0 Å². The highest BCUT2D eigenvalue weighted by atomic mass is 16.5. The molecule has 1 saturated heterocycles. The van der Waals surface area contributed by atoms with E-state index in [-0.39, 0.29) is 55.4 Å². The second-order valence-corrected chi connectivity index (χ2v) is 5.60. The fraction of sp³-hybridized carbons (Fsp3) is 0.733. The summed E-state index contributed by atoms with van der Waals surface area (Å²) in [6.45, 7) is 3.04. The molecule has 0 saturated carbocycles. The monoisotopic (exact) mass is 342 g/mol. The van der Waals surface area contributed by atoms with Gasteiger partial charge in [-0.05, 0) is 6.42 Å². The van der Waals surface area contributed by atoms with Gasteiger partial charge in [-0.2, -0.15) is 0 Å². The number of imide groups is 1. The van der Waals surface area contributed by atoms with Crippen molar-refractivity contribution in [3.8, 4) is 0 Å². The average Bonchev–Trinajstić information content (AvgIpc) is 2.77. The smallest absolute Gasteiger partial charge is 0.236 e. The molecule has 0 aromatic carbocycles. The highest BCUT2D eigenvalue weighted by Gasteiger charge is 2.35. The number of nitrogens with zero attached hydrogens (tertiary/aromatic N) is 1. The van der Waals surface area contributed by atoms with Gasteiger partial charge in [-0.1, -0.05) is 6.92 Å². The normalized spacial score (nSPS) is 17.2. The maximum atomic E-state index is 11.7. The molecule has 0 bridgehead atoms. The molecule has 1 fully saturated rings. The zero-order chi connectivity index (χ0) is 17.9. The van der Waals surface area contributed by atoms with Crippen LogP contribution in [0.1, 0.15) is 32.6 Å². The predicted molar refractivity (Wildman–Crippen MR) is 85.4 cm³/mol. The molecule has 0 radical (unpaired) electrons. The Labute approximate surface area is 141 Å². The number of carbonyl (C=O) groups excluding carboxylic acids is 4. The van der Waals surface area contributed by atoms with E-state index in [4.69, 9.17) is 4.74 Å². The molecule has 1 aliphatic rings. The molecule has 1 rings (SSSR count). The molecule has 0 spiro atoms. The van der Waals surface area contributed by atoms with Crippen molar-refractivity contribution in [2.45, 2.75) is 32.6 Å². The molecule has 4 amide bonds. The van der Waals surface area contributed by atoms with Gasteiger partial charge in [0.2, 0.25) is 23.6 Å². The van der Waals surface area contributed by atoms with Crippen molar-refractivity contribution >= 4 is 23.6 Å². The number of likely N-dealkylation sites (tertiary alicyclic amines) is 1. The lowest BCUT2D eigenvalue weighted by Gasteiger charge is -2.14. The highest BCUT2D eigenvalue weighted by molar-refractivity contribution is 6.03. The maximum Gasteiger partial charge on any atom is 0.236 e. The van der Waals surface area contributed by atoms with E-state index in [0.29, 0.717) is 26.2 Å². The molecule has 0 aliphatic carbocycles. The minimum atomic E-state index is -0.284. The zero-order valence-corrected chi connectivity index (χ0v) is 14.2. The molecule has 1 atom stereocenters. The molecule has 1 unspecified atom stereocenters. The maximum absolute atomic E-state index is 11.7. The van der Waals surface area contributed by atoms with E-state index in [1.165, 1.54) is 0 Å². The van der Waals surface area contributed by atoms with Crippen molar-refractivity contribution in [2.75, 3.05) is 33.4 Å². The molecule has 0 aromatic rings. The largest absolute Gasteiger partial charge is 0.381 e. The standard InChI is InChI=1S/C15H26N4O5/c1-11-10-14(22)19(15(11)23)7-4-12(20)17-6-3-8-24-9-5-13(21)18-16-2/h11,16H,3-10H2,1-2H3,(H,17,20)(H,18,21). The molecule has 9 nitrogen and oxygen atoms in total. The first kappa shape index (κ1) is 20.0. The van der Waals surface area contributed by atoms with Gasteiger partial charge in [0.25, 0.3) is 0 Å². The molecule has 1 heterocycles.